The number of nitrogens with zero attached hydrogens (tertiary/aromatic N) is 2. The Balaban J connectivity index is 1.26. The number of nitrogens with one attached hydrogen (secondary N) is 1. The molecule has 39 heavy (non-hydrogen) atoms. The highest BCUT2D eigenvalue weighted by molar-refractivity contribution is 7.89. The number of likely N-dealkylation sites (N-methyl/N-ethyl adjacent to an activating group) is 1. The molecule has 0 bridgehead atoms. The van der Waals surface area contributed by atoms with E-state index < -0.39 is 10.0 Å². The molecule has 4 aromatic rings. The van der Waals surface area contributed by atoms with Gasteiger partial charge in [0.05, 0.1) is 21.2 Å². The molecule has 1 amide bonds. The lowest BCUT2D eigenvalue weighted by atomic mass is 10.1. The Hall–Kier alpha value is -2.63. The van der Waals surface area contributed by atoms with Gasteiger partial charge < -0.3 is 10.1 Å². The number of rotatable bonds is 7. The molecule has 2 aromatic heterocycles. The van der Waals surface area contributed by atoms with Crippen LogP contribution in [0.1, 0.15) is 52.9 Å². The SMILES string of the molecule is CN(CC1CCCO1)S(=O)(=O)c1ccc(C(=O)Nc2sc3c(c2-c2nc4ccccc4s2)CCCCC3)cc1. The molecule has 0 radical (unpaired) electrons. The van der Waals surface area contributed by atoms with Crippen molar-refractivity contribution >= 4 is 53.8 Å². The summed E-state index contributed by atoms with van der Waals surface area (Å²) in [7, 11) is -2.10. The Morgan fingerprint density at radius 2 is 1.85 bits per heavy atom. The number of thiophene rings is 1. The van der Waals surface area contributed by atoms with Crippen molar-refractivity contribution in [2.45, 2.75) is 55.9 Å². The van der Waals surface area contributed by atoms with Gasteiger partial charge in [0.2, 0.25) is 10.0 Å². The molecule has 3 heterocycles. The maximum atomic E-state index is 13.4. The molecule has 1 atom stereocenters. The minimum absolute atomic E-state index is 0.0691. The maximum Gasteiger partial charge on any atom is 0.256 e. The molecule has 6 rings (SSSR count). The summed E-state index contributed by atoms with van der Waals surface area (Å²) in [5.41, 5.74) is 3.73. The van der Waals surface area contributed by atoms with E-state index in [1.807, 2.05) is 18.2 Å². The quantitative estimate of drug-likeness (QED) is 0.257. The van der Waals surface area contributed by atoms with Crippen LogP contribution in [0.25, 0.3) is 20.8 Å². The normalized spacial score (nSPS) is 17.8. The fourth-order valence-corrected chi connectivity index (χ4v) is 8.94. The molecule has 1 N–H and O–H groups in total. The highest BCUT2D eigenvalue weighted by atomic mass is 32.2. The molecule has 10 heteroatoms. The van der Waals surface area contributed by atoms with E-state index in [-0.39, 0.29) is 16.9 Å². The van der Waals surface area contributed by atoms with Crippen LogP contribution in [0.4, 0.5) is 5.00 Å². The number of sulfonamides is 1. The number of aryl methyl sites for hydroxylation is 1. The number of hydrogen-bond donors (Lipinski definition) is 1. The number of fused-ring (bicyclic) bond motifs is 2. The number of anilines is 1. The molecule has 2 aliphatic rings. The number of carbonyl (C=O) groups is 1. The van der Waals surface area contributed by atoms with Crippen molar-refractivity contribution in [2.24, 2.45) is 0 Å². The first kappa shape index (κ1) is 26.6. The molecule has 1 aliphatic carbocycles. The molecular weight excluding hydrogens is 551 g/mol. The van der Waals surface area contributed by atoms with E-state index in [2.05, 4.69) is 11.4 Å². The average molecular weight is 582 g/mol. The van der Waals surface area contributed by atoms with Gasteiger partial charge in [0.15, 0.2) is 0 Å². The highest BCUT2D eigenvalue weighted by Gasteiger charge is 2.27. The van der Waals surface area contributed by atoms with Crippen LogP contribution in [0.3, 0.4) is 0 Å². The number of ether oxygens (including phenoxy) is 1. The average Bonchev–Trinajstić information content (AvgIpc) is 3.64. The molecule has 204 valence electrons. The first-order valence-electron chi connectivity index (χ1n) is 13.4. The molecule has 1 unspecified atom stereocenters. The second-order valence-electron chi connectivity index (χ2n) is 10.2. The second kappa shape index (κ2) is 11.1. The molecule has 7 nitrogen and oxygen atoms in total. The minimum Gasteiger partial charge on any atom is -0.377 e. The van der Waals surface area contributed by atoms with E-state index in [0.29, 0.717) is 18.7 Å². The third-order valence-electron chi connectivity index (χ3n) is 7.47. The minimum atomic E-state index is -3.67. The Labute approximate surface area is 236 Å². The van der Waals surface area contributed by atoms with Crippen molar-refractivity contribution in [3.05, 3.63) is 64.5 Å². The summed E-state index contributed by atoms with van der Waals surface area (Å²) in [5.74, 6) is -0.259. The van der Waals surface area contributed by atoms with Gasteiger partial charge in [-0.1, -0.05) is 18.6 Å². The van der Waals surface area contributed by atoms with Gasteiger partial charge in [0.1, 0.15) is 10.0 Å². The second-order valence-corrected chi connectivity index (χ2v) is 14.3. The largest absolute Gasteiger partial charge is 0.377 e. The van der Waals surface area contributed by atoms with Gasteiger partial charge in [-0.15, -0.1) is 22.7 Å². The van der Waals surface area contributed by atoms with E-state index in [0.717, 1.165) is 64.3 Å². The summed E-state index contributed by atoms with van der Waals surface area (Å²) in [4.78, 5) is 19.8. The number of aromatic nitrogens is 1. The summed E-state index contributed by atoms with van der Waals surface area (Å²) in [5, 5.41) is 4.90. The number of para-hydroxylation sites is 1. The van der Waals surface area contributed by atoms with Gasteiger partial charge in [-0.05, 0) is 80.5 Å². The lowest BCUT2D eigenvalue weighted by Crippen LogP contribution is -2.34. The standard InChI is InChI=1S/C29H31N3O4S3/c1-32(18-20-8-7-17-36-20)39(34,35)21-15-13-19(14-16-21)27(33)31-29-26(22-9-3-2-4-11-24(22)37-29)28-30-23-10-5-6-12-25(23)38-28/h5-6,10,12-16,20H,2-4,7-9,11,17-18H2,1H3,(H,31,33). The van der Waals surface area contributed by atoms with E-state index in [4.69, 9.17) is 9.72 Å². The summed E-state index contributed by atoms with van der Waals surface area (Å²) in [6, 6.07) is 14.3. The van der Waals surface area contributed by atoms with Gasteiger partial charge in [0, 0.05) is 36.2 Å². The lowest BCUT2D eigenvalue weighted by molar-refractivity contribution is 0.0979. The van der Waals surface area contributed by atoms with Crippen LogP contribution in [0.2, 0.25) is 0 Å². The van der Waals surface area contributed by atoms with Crippen LogP contribution in [0.15, 0.2) is 53.4 Å². The van der Waals surface area contributed by atoms with Crippen molar-refractivity contribution in [1.82, 2.24) is 9.29 Å². The van der Waals surface area contributed by atoms with Gasteiger partial charge in [0.25, 0.3) is 5.91 Å². The number of carbonyl (C=O) groups excluding carboxylic acids is 1. The zero-order chi connectivity index (χ0) is 27.0. The molecule has 1 fully saturated rings. The van der Waals surface area contributed by atoms with E-state index >= 15 is 0 Å². The maximum absolute atomic E-state index is 13.4. The van der Waals surface area contributed by atoms with Crippen molar-refractivity contribution in [3.8, 4) is 10.6 Å². The summed E-state index contributed by atoms with van der Waals surface area (Å²) in [6.07, 6.45) is 7.24. The Morgan fingerprint density at radius 3 is 2.62 bits per heavy atom. The topological polar surface area (TPSA) is 88.6 Å². The molecule has 1 saturated heterocycles. The zero-order valence-electron chi connectivity index (χ0n) is 21.8. The van der Waals surface area contributed by atoms with E-state index in [1.165, 1.54) is 33.3 Å². The first-order valence-corrected chi connectivity index (χ1v) is 16.5. The third-order valence-corrected chi connectivity index (χ3v) is 11.6. The van der Waals surface area contributed by atoms with Gasteiger partial charge in [-0.25, -0.2) is 13.4 Å². The third kappa shape index (κ3) is 5.40. The number of amides is 1. The van der Waals surface area contributed by atoms with Crippen LogP contribution >= 0.6 is 22.7 Å². The highest BCUT2D eigenvalue weighted by Crippen LogP contribution is 2.46. The van der Waals surface area contributed by atoms with Crippen LogP contribution < -0.4 is 5.32 Å². The Kier molecular flexibility index (Phi) is 7.56. The smallest absolute Gasteiger partial charge is 0.256 e. The summed E-state index contributed by atoms with van der Waals surface area (Å²) < 4.78 is 34.2. The molecular formula is C29H31N3O4S3. The Morgan fingerprint density at radius 1 is 1.05 bits per heavy atom. The zero-order valence-corrected chi connectivity index (χ0v) is 24.3. The summed E-state index contributed by atoms with van der Waals surface area (Å²) >= 11 is 3.30. The fraction of sp³-hybridized carbons (Fsp3) is 0.379. The fourth-order valence-electron chi connectivity index (χ4n) is 5.34. The van der Waals surface area contributed by atoms with Crippen LogP contribution in [-0.4, -0.2) is 49.9 Å². The monoisotopic (exact) mass is 581 g/mol. The van der Waals surface area contributed by atoms with Crippen molar-refractivity contribution < 1.29 is 17.9 Å². The number of benzene rings is 2. The molecule has 2 aromatic carbocycles. The van der Waals surface area contributed by atoms with Gasteiger partial charge >= 0.3 is 0 Å². The Bertz CT molecular complexity index is 1570. The van der Waals surface area contributed by atoms with Crippen molar-refractivity contribution in [1.29, 1.82) is 0 Å². The van der Waals surface area contributed by atoms with Gasteiger partial charge in [-0.3, -0.25) is 4.79 Å². The van der Waals surface area contributed by atoms with Crippen LogP contribution in [-0.2, 0) is 27.6 Å². The van der Waals surface area contributed by atoms with Crippen molar-refractivity contribution in [3.63, 3.8) is 0 Å². The van der Waals surface area contributed by atoms with Crippen molar-refractivity contribution in [2.75, 3.05) is 25.5 Å². The van der Waals surface area contributed by atoms with E-state index in [9.17, 15) is 13.2 Å². The molecule has 1 aliphatic heterocycles. The predicted octanol–water partition coefficient (Wildman–Crippen LogP) is 6.35. The number of thiazole rings is 1. The predicted molar refractivity (Wildman–Crippen MR) is 157 cm³/mol. The van der Waals surface area contributed by atoms with Crippen LogP contribution in [0, 0.1) is 0 Å². The molecule has 0 spiro atoms. The summed E-state index contributed by atoms with van der Waals surface area (Å²) in [6.45, 7) is 0.998. The molecule has 0 saturated carbocycles. The number of hydrogen-bond acceptors (Lipinski definition) is 7. The van der Waals surface area contributed by atoms with Crippen LogP contribution in [0.5, 0.6) is 0 Å². The lowest BCUT2D eigenvalue weighted by Gasteiger charge is -2.20. The first-order chi connectivity index (χ1) is 18.9. The van der Waals surface area contributed by atoms with Gasteiger partial charge in [-0.2, -0.15) is 4.31 Å². The van der Waals surface area contributed by atoms with E-state index in [1.54, 1.807) is 41.9 Å².